The number of rotatable bonds is 1. The second-order valence-corrected chi connectivity index (χ2v) is 5.48. The van der Waals surface area contributed by atoms with Crippen LogP contribution in [0.3, 0.4) is 0 Å². The number of halogens is 1. The van der Waals surface area contributed by atoms with Gasteiger partial charge in [-0.1, -0.05) is 6.07 Å². The molecule has 18 heavy (non-hydrogen) atoms. The second-order valence-electron chi connectivity index (χ2n) is 4.42. The van der Waals surface area contributed by atoms with Gasteiger partial charge < -0.3 is 10.5 Å². The van der Waals surface area contributed by atoms with Crippen molar-refractivity contribution in [3.05, 3.63) is 45.7 Å². The van der Waals surface area contributed by atoms with Crippen LogP contribution in [0.4, 0.5) is 4.39 Å². The van der Waals surface area contributed by atoms with Crippen molar-refractivity contribution in [3.63, 3.8) is 0 Å². The minimum absolute atomic E-state index is 0.138. The third kappa shape index (κ3) is 2.00. The number of benzene rings is 1. The molecule has 2 atom stereocenters. The molecular weight excluding hydrogens is 251 g/mol. The van der Waals surface area contributed by atoms with E-state index in [2.05, 4.69) is 4.98 Å². The SMILES string of the molecule is Cc1nc(C2C[C@H](N)c3ccc(F)cc3O2)cs1. The molecule has 2 N–H and O–H groups in total. The van der Waals surface area contributed by atoms with Crippen LogP contribution >= 0.6 is 11.3 Å². The van der Waals surface area contributed by atoms with Gasteiger partial charge in [0.15, 0.2) is 0 Å². The van der Waals surface area contributed by atoms with E-state index >= 15 is 0 Å². The van der Waals surface area contributed by atoms with Crippen LogP contribution in [0.5, 0.6) is 5.75 Å². The molecule has 1 aliphatic rings. The lowest BCUT2D eigenvalue weighted by Crippen LogP contribution is -2.24. The molecule has 0 bridgehead atoms. The lowest BCUT2D eigenvalue weighted by atomic mass is 9.96. The van der Waals surface area contributed by atoms with E-state index in [-0.39, 0.29) is 18.0 Å². The molecule has 0 amide bonds. The normalized spacial score (nSPS) is 22.4. The van der Waals surface area contributed by atoms with Gasteiger partial charge in [0.2, 0.25) is 0 Å². The van der Waals surface area contributed by atoms with Gasteiger partial charge >= 0.3 is 0 Å². The topological polar surface area (TPSA) is 48.1 Å². The van der Waals surface area contributed by atoms with Gasteiger partial charge in [-0.15, -0.1) is 11.3 Å². The smallest absolute Gasteiger partial charge is 0.143 e. The van der Waals surface area contributed by atoms with Gasteiger partial charge in [-0.3, -0.25) is 0 Å². The predicted molar refractivity (Wildman–Crippen MR) is 68.2 cm³/mol. The minimum Gasteiger partial charge on any atom is -0.484 e. The number of nitrogens with zero attached hydrogens (tertiary/aromatic N) is 1. The predicted octanol–water partition coefficient (Wildman–Crippen LogP) is 3.11. The van der Waals surface area contributed by atoms with Gasteiger partial charge in [-0.05, 0) is 13.0 Å². The summed E-state index contributed by atoms with van der Waals surface area (Å²) in [6.07, 6.45) is 0.487. The molecule has 1 aromatic heterocycles. The van der Waals surface area contributed by atoms with Gasteiger partial charge in [0, 0.05) is 29.5 Å². The van der Waals surface area contributed by atoms with Crippen molar-refractivity contribution >= 4 is 11.3 Å². The zero-order chi connectivity index (χ0) is 12.7. The van der Waals surface area contributed by atoms with Gasteiger partial charge in [-0.25, -0.2) is 9.37 Å². The molecule has 1 aromatic carbocycles. The van der Waals surface area contributed by atoms with Crippen molar-refractivity contribution in [1.82, 2.24) is 4.98 Å². The molecule has 0 radical (unpaired) electrons. The van der Waals surface area contributed by atoms with Gasteiger partial charge in [0.05, 0.1) is 10.7 Å². The number of aryl methyl sites for hydroxylation is 1. The lowest BCUT2D eigenvalue weighted by Gasteiger charge is -2.29. The highest BCUT2D eigenvalue weighted by molar-refractivity contribution is 7.09. The van der Waals surface area contributed by atoms with Gasteiger partial charge in [-0.2, -0.15) is 0 Å². The summed E-state index contributed by atoms with van der Waals surface area (Å²) in [6.45, 7) is 1.95. The van der Waals surface area contributed by atoms with Crippen LogP contribution in [0.25, 0.3) is 0 Å². The fraction of sp³-hybridized carbons (Fsp3) is 0.308. The van der Waals surface area contributed by atoms with E-state index < -0.39 is 0 Å². The fourth-order valence-corrected chi connectivity index (χ4v) is 2.84. The standard InChI is InChI=1S/C13H13FN2OS/c1-7-16-11(6-18-7)13-5-10(15)9-3-2-8(14)4-12(9)17-13/h2-4,6,10,13H,5,15H2,1H3/t10-,13?/m0/s1. The average Bonchev–Trinajstić information content (AvgIpc) is 2.75. The molecular formula is C13H13FN2OS. The largest absolute Gasteiger partial charge is 0.484 e. The van der Waals surface area contributed by atoms with E-state index in [4.69, 9.17) is 10.5 Å². The molecule has 94 valence electrons. The Morgan fingerprint density at radius 3 is 3.06 bits per heavy atom. The van der Waals surface area contributed by atoms with Crippen LogP contribution in [0.2, 0.25) is 0 Å². The summed E-state index contributed by atoms with van der Waals surface area (Å²) >= 11 is 1.58. The number of hydrogen-bond donors (Lipinski definition) is 1. The summed E-state index contributed by atoms with van der Waals surface area (Å²) in [4.78, 5) is 4.41. The zero-order valence-corrected chi connectivity index (χ0v) is 10.7. The van der Waals surface area contributed by atoms with Gasteiger partial charge in [0.1, 0.15) is 17.7 Å². The Balaban J connectivity index is 1.95. The lowest BCUT2D eigenvalue weighted by molar-refractivity contribution is 0.157. The van der Waals surface area contributed by atoms with Crippen molar-refractivity contribution < 1.29 is 9.13 Å². The number of hydrogen-bond acceptors (Lipinski definition) is 4. The summed E-state index contributed by atoms with van der Waals surface area (Å²) in [7, 11) is 0. The Bertz CT molecular complexity index is 584. The maximum atomic E-state index is 13.2. The maximum absolute atomic E-state index is 13.2. The van der Waals surface area contributed by atoms with Crippen LogP contribution in [0.1, 0.15) is 34.8 Å². The first-order valence-electron chi connectivity index (χ1n) is 5.77. The molecule has 2 heterocycles. The highest BCUT2D eigenvalue weighted by atomic mass is 32.1. The molecule has 0 saturated carbocycles. The number of aromatic nitrogens is 1. The highest BCUT2D eigenvalue weighted by Gasteiger charge is 2.28. The van der Waals surface area contributed by atoms with E-state index in [0.717, 1.165) is 16.3 Å². The number of fused-ring (bicyclic) bond motifs is 1. The van der Waals surface area contributed by atoms with E-state index in [9.17, 15) is 4.39 Å². The molecule has 2 aromatic rings. The second kappa shape index (κ2) is 4.33. The van der Waals surface area contributed by atoms with E-state index in [1.807, 2.05) is 12.3 Å². The summed E-state index contributed by atoms with van der Waals surface area (Å²) in [6, 6.07) is 4.36. The monoisotopic (exact) mass is 264 g/mol. The van der Waals surface area contributed by atoms with Crippen LogP contribution in [0, 0.1) is 12.7 Å². The molecule has 0 spiro atoms. The van der Waals surface area contributed by atoms with E-state index in [1.165, 1.54) is 12.1 Å². The number of ether oxygens (including phenoxy) is 1. The third-order valence-electron chi connectivity index (χ3n) is 3.08. The number of nitrogens with two attached hydrogens (primary N) is 1. The summed E-state index contributed by atoms with van der Waals surface area (Å²) in [5, 5.41) is 2.96. The van der Waals surface area contributed by atoms with Crippen LogP contribution in [-0.4, -0.2) is 4.98 Å². The number of thiazole rings is 1. The van der Waals surface area contributed by atoms with Crippen molar-refractivity contribution in [2.24, 2.45) is 5.73 Å². The molecule has 3 nitrogen and oxygen atoms in total. The summed E-state index contributed by atoms with van der Waals surface area (Å²) < 4.78 is 19.0. The Hall–Kier alpha value is -1.46. The van der Waals surface area contributed by atoms with Crippen molar-refractivity contribution in [2.75, 3.05) is 0 Å². The first-order valence-corrected chi connectivity index (χ1v) is 6.65. The third-order valence-corrected chi connectivity index (χ3v) is 3.87. The van der Waals surface area contributed by atoms with Crippen molar-refractivity contribution in [1.29, 1.82) is 0 Å². The van der Waals surface area contributed by atoms with Crippen LogP contribution < -0.4 is 10.5 Å². The maximum Gasteiger partial charge on any atom is 0.143 e. The van der Waals surface area contributed by atoms with Crippen molar-refractivity contribution in [3.8, 4) is 5.75 Å². The first kappa shape index (κ1) is 11.6. The van der Waals surface area contributed by atoms with Crippen molar-refractivity contribution in [2.45, 2.75) is 25.5 Å². The Kier molecular flexibility index (Phi) is 2.80. The molecule has 0 fully saturated rings. The van der Waals surface area contributed by atoms with Crippen LogP contribution in [-0.2, 0) is 0 Å². The minimum atomic E-state index is -0.309. The van der Waals surface area contributed by atoms with E-state index in [0.29, 0.717) is 12.2 Å². The average molecular weight is 264 g/mol. The Labute approximate surface area is 108 Å². The molecule has 0 saturated heterocycles. The van der Waals surface area contributed by atoms with Gasteiger partial charge in [0.25, 0.3) is 0 Å². The molecule has 1 unspecified atom stereocenters. The van der Waals surface area contributed by atoms with E-state index in [1.54, 1.807) is 17.4 Å². The molecule has 3 rings (SSSR count). The molecule has 1 aliphatic heterocycles. The highest BCUT2D eigenvalue weighted by Crippen LogP contribution is 2.39. The Morgan fingerprint density at radius 2 is 2.33 bits per heavy atom. The quantitative estimate of drug-likeness (QED) is 0.861. The fourth-order valence-electron chi connectivity index (χ4n) is 2.18. The molecule has 5 heteroatoms. The summed E-state index contributed by atoms with van der Waals surface area (Å²) in [5.41, 5.74) is 7.84. The Morgan fingerprint density at radius 1 is 1.50 bits per heavy atom. The molecule has 0 aliphatic carbocycles. The first-order chi connectivity index (χ1) is 8.63. The summed E-state index contributed by atoms with van der Waals surface area (Å²) in [5.74, 6) is 0.223. The van der Waals surface area contributed by atoms with Crippen LogP contribution in [0.15, 0.2) is 23.6 Å². The zero-order valence-electron chi connectivity index (χ0n) is 9.89.